The number of rotatable bonds is 2. The van der Waals surface area contributed by atoms with Crippen molar-refractivity contribution in [2.45, 2.75) is 38.8 Å². The third-order valence-electron chi connectivity index (χ3n) is 5.38. The van der Waals surface area contributed by atoms with E-state index in [1.54, 1.807) is 6.92 Å². The van der Waals surface area contributed by atoms with Gasteiger partial charge in [0.05, 0.1) is 6.10 Å². The lowest BCUT2D eigenvalue weighted by molar-refractivity contribution is -0.129. The number of nitrogens with zero attached hydrogens (tertiary/aromatic N) is 4. The zero-order valence-electron chi connectivity index (χ0n) is 15.1. The van der Waals surface area contributed by atoms with Crippen molar-refractivity contribution in [3.05, 3.63) is 41.7 Å². The molecule has 1 aromatic carbocycles. The first-order valence-corrected chi connectivity index (χ1v) is 9.23. The average Bonchev–Trinajstić information content (AvgIpc) is 2.68. The van der Waals surface area contributed by atoms with Crippen molar-refractivity contribution in [2.75, 3.05) is 24.5 Å². The maximum absolute atomic E-state index is 11.7. The van der Waals surface area contributed by atoms with E-state index in [-0.39, 0.29) is 12.0 Å². The van der Waals surface area contributed by atoms with Crippen molar-refractivity contribution in [1.82, 2.24) is 14.9 Å². The van der Waals surface area contributed by atoms with Crippen LogP contribution in [-0.4, -0.2) is 51.6 Å². The molecule has 1 N–H and O–H groups in total. The summed E-state index contributed by atoms with van der Waals surface area (Å²) < 4.78 is 0. The third kappa shape index (κ3) is 3.42. The Kier molecular flexibility index (Phi) is 4.59. The number of benzene rings is 1. The Morgan fingerprint density at radius 1 is 1.08 bits per heavy atom. The molecule has 3 heterocycles. The summed E-state index contributed by atoms with van der Waals surface area (Å²) in [7, 11) is 0. The highest BCUT2D eigenvalue weighted by atomic mass is 16.3. The van der Waals surface area contributed by atoms with Gasteiger partial charge in [-0.25, -0.2) is 9.97 Å². The standard InChI is InChI=1S/C20H24N4O2/c1-14(25)24-7-4-15-2-3-16(10-17(15)13-24)18-11-21-20(22-12-18)23-8-5-19(26)6-9-23/h2-3,10-12,19,26H,4-9,13H2,1H3. The van der Waals surface area contributed by atoms with E-state index in [9.17, 15) is 9.90 Å². The normalized spacial score (nSPS) is 17.9. The number of hydrogen-bond acceptors (Lipinski definition) is 5. The maximum atomic E-state index is 11.7. The lowest BCUT2D eigenvalue weighted by atomic mass is 9.95. The van der Waals surface area contributed by atoms with E-state index < -0.39 is 0 Å². The van der Waals surface area contributed by atoms with Crippen LogP contribution in [0.15, 0.2) is 30.6 Å². The highest BCUT2D eigenvalue weighted by molar-refractivity contribution is 5.74. The van der Waals surface area contributed by atoms with Crippen LogP contribution in [0, 0.1) is 0 Å². The van der Waals surface area contributed by atoms with Gasteiger partial charge in [0.15, 0.2) is 0 Å². The van der Waals surface area contributed by atoms with E-state index in [1.807, 2.05) is 17.3 Å². The lowest BCUT2D eigenvalue weighted by Gasteiger charge is -2.29. The monoisotopic (exact) mass is 352 g/mol. The molecule has 136 valence electrons. The smallest absolute Gasteiger partial charge is 0.225 e. The summed E-state index contributed by atoms with van der Waals surface area (Å²) in [6.45, 7) is 4.68. The fraction of sp³-hybridized carbons (Fsp3) is 0.450. The van der Waals surface area contributed by atoms with Crippen molar-refractivity contribution >= 4 is 11.9 Å². The van der Waals surface area contributed by atoms with E-state index in [1.165, 1.54) is 11.1 Å². The zero-order valence-corrected chi connectivity index (χ0v) is 15.1. The van der Waals surface area contributed by atoms with Gasteiger partial charge in [-0.2, -0.15) is 0 Å². The van der Waals surface area contributed by atoms with E-state index >= 15 is 0 Å². The van der Waals surface area contributed by atoms with Crippen LogP contribution in [0.4, 0.5) is 5.95 Å². The number of amides is 1. The predicted molar refractivity (Wildman–Crippen MR) is 99.7 cm³/mol. The summed E-state index contributed by atoms with van der Waals surface area (Å²) >= 11 is 0. The summed E-state index contributed by atoms with van der Waals surface area (Å²) in [5.41, 5.74) is 4.58. The number of hydrogen-bond donors (Lipinski definition) is 1. The minimum Gasteiger partial charge on any atom is -0.393 e. The number of aliphatic hydroxyl groups excluding tert-OH is 1. The van der Waals surface area contributed by atoms with Crippen LogP contribution in [0.25, 0.3) is 11.1 Å². The van der Waals surface area contributed by atoms with Crippen LogP contribution in [-0.2, 0) is 17.8 Å². The molecule has 2 aromatic rings. The second-order valence-electron chi connectivity index (χ2n) is 7.16. The SMILES string of the molecule is CC(=O)N1CCc2ccc(-c3cnc(N4CCC(O)CC4)nc3)cc2C1. The minimum atomic E-state index is -0.199. The van der Waals surface area contributed by atoms with Gasteiger partial charge >= 0.3 is 0 Å². The number of aromatic nitrogens is 2. The molecule has 1 fully saturated rings. The quantitative estimate of drug-likeness (QED) is 0.895. The molecule has 1 amide bonds. The average molecular weight is 352 g/mol. The number of carbonyl (C=O) groups is 1. The summed E-state index contributed by atoms with van der Waals surface area (Å²) in [5, 5.41) is 9.62. The number of piperidine rings is 1. The Labute approximate surface area is 153 Å². The number of aliphatic hydroxyl groups is 1. The number of carbonyl (C=O) groups excluding carboxylic acids is 1. The maximum Gasteiger partial charge on any atom is 0.225 e. The van der Waals surface area contributed by atoms with Gasteiger partial charge in [0.25, 0.3) is 0 Å². The van der Waals surface area contributed by atoms with E-state index in [4.69, 9.17) is 0 Å². The van der Waals surface area contributed by atoms with Crippen LogP contribution in [0.5, 0.6) is 0 Å². The van der Waals surface area contributed by atoms with Gasteiger partial charge in [-0.15, -0.1) is 0 Å². The molecule has 0 unspecified atom stereocenters. The topological polar surface area (TPSA) is 69.6 Å². The molecule has 0 spiro atoms. The van der Waals surface area contributed by atoms with Gasteiger partial charge in [0.2, 0.25) is 11.9 Å². The number of anilines is 1. The molecule has 0 radical (unpaired) electrons. The molecule has 1 aromatic heterocycles. The van der Waals surface area contributed by atoms with Crippen LogP contribution in [0.2, 0.25) is 0 Å². The molecule has 0 aliphatic carbocycles. The van der Waals surface area contributed by atoms with Crippen LogP contribution >= 0.6 is 0 Å². The molecule has 1 saturated heterocycles. The third-order valence-corrected chi connectivity index (χ3v) is 5.38. The summed E-state index contributed by atoms with van der Waals surface area (Å²) in [5.74, 6) is 0.849. The van der Waals surface area contributed by atoms with Gasteiger partial charge in [-0.05, 0) is 42.0 Å². The molecule has 26 heavy (non-hydrogen) atoms. The van der Waals surface area contributed by atoms with Gasteiger partial charge < -0.3 is 14.9 Å². The van der Waals surface area contributed by atoms with Crippen molar-refractivity contribution in [2.24, 2.45) is 0 Å². The van der Waals surface area contributed by atoms with Gasteiger partial charge in [0, 0.05) is 51.1 Å². The van der Waals surface area contributed by atoms with Crippen molar-refractivity contribution in [3.63, 3.8) is 0 Å². The predicted octanol–water partition coefficient (Wildman–Crippen LogP) is 2.01. The van der Waals surface area contributed by atoms with Gasteiger partial charge in [-0.1, -0.05) is 12.1 Å². The first kappa shape index (κ1) is 17.0. The largest absolute Gasteiger partial charge is 0.393 e. The van der Waals surface area contributed by atoms with E-state index in [0.717, 1.165) is 56.0 Å². The highest BCUT2D eigenvalue weighted by Crippen LogP contribution is 2.26. The summed E-state index contributed by atoms with van der Waals surface area (Å²) in [4.78, 5) is 24.7. The molecule has 6 heteroatoms. The number of fused-ring (bicyclic) bond motifs is 1. The van der Waals surface area contributed by atoms with Crippen LogP contribution in [0.1, 0.15) is 30.9 Å². The Morgan fingerprint density at radius 2 is 1.81 bits per heavy atom. The Bertz CT molecular complexity index is 798. The van der Waals surface area contributed by atoms with Crippen LogP contribution in [0.3, 0.4) is 0 Å². The first-order chi connectivity index (χ1) is 12.6. The molecule has 0 bridgehead atoms. The fourth-order valence-electron chi connectivity index (χ4n) is 3.70. The fourth-order valence-corrected chi connectivity index (χ4v) is 3.70. The molecule has 4 rings (SSSR count). The van der Waals surface area contributed by atoms with E-state index in [2.05, 4.69) is 33.1 Å². The molecule has 2 aliphatic heterocycles. The minimum absolute atomic E-state index is 0.125. The summed E-state index contributed by atoms with van der Waals surface area (Å²) in [6.07, 6.45) is 5.97. The zero-order chi connectivity index (χ0) is 18.1. The van der Waals surface area contributed by atoms with Gasteiger partial charge in [-0.3, -0.25) is 4.79 Å². The first-order valence-electron chi connectivity index (χ1n) is 9.23. The summed E-state index contributed by atoms with van der Waals surface area (Å²) in [6, 6.07) is 6.42. The molecule has 0 saturated carbocycles. The Hall–Kier alpha value is -2.47. The Balaban J connectivity index is 1.53. The van der Waals surface area contributed by atoms with Gasteiger partial charge in [0.1, 0.15) is 0 Å². The highest BCUT2D eigenvalue weighted by Gasteiger charge is 2.20. The van der Waals surface area contributed by atoms with Crippen LogP contribution < -0.4 is 4.90 Å². The molecular weight excluding hydrogens is 328 g/mol. The van der Waals surface area contributed by atoms with Crippen molar-refractivity contribution in [3.8, 4) is 11.1 Å². The van der Waals surface area contributed by atoms with Crippen molar-refractivity contribution in [1.29, 1.82) is 0 Å². The second-order valence-corrected chi connectivity index (χ2v) is 7.16. The molecular formula is C20H24N4O2. The molecule has 0 atom stereocenters. The molecule has 2 aliphatic rings. The lowest BCUT2D eigenvalue weighted by Crippen LogP contribution is -2.36. The van der Waals surface area contributed by atoms with Crippen molar-refractivity contribution < 1.29 is 9.90 Å². The Morgan fingerprint density at radius 3 is 2.50 bits per heavy atom. The van der Waals surface area contributed by atoms with E-state index in [0.29, 0.717) is 6.54 Å². The second kappa shape index (κ2) is 7.03. The molecule has 6 nitrogen and oxygen atoms in total.